The minimum absolute atomic E-state index is 0.00301. The van der Waals surface area contributed by atoms with Gasteiger partial charge in [-0.2, -0.15) is 0 Å². The Morgan fingerprint density at radius 1 is 1.35 bits per heavy atom. The molecule has 10 heteroatoms. The number of nitrogens with zero attached hydrogens (tertiary/aromatic N) is 6. The van der Waals surface area contributed by atoms with E-state index < -0.39 is 0 Å². The summed E-state index contributed by atoms with van der Waals surface area (Å²) in [7, 11) is 0. The predicted molar refractivity (Wildman–Crippen MR) is 86.1 cm³/mol. The molecule has 4 heterocycles. The van der Waals surface area contributed by atoms with Crippen LogP contribution >= 0.6 is 0 Å². The van der Waals surface area contributed by atoms with E-state index in [1.54, 1.807) is 16.7 Å². The molecule has 2 aliphatic heterocycles. The first-order chi connectivity index (χ1) is 12.6. The van der Waals surface area contributed by atoms with Gasteiger partial charge in [0.2, 0.25) is 5.91 Å². The van der Waals surface area contributed by atoms with E-state index in [4.69, 9.17) is 4.74 Å². The number of likely N-dealkylation sites (tertiary alicyclic amines) is 2. The Morgan fingerprint density at radius 2 is 2.23 bits per heavy atom. The zero-order chi connectivity index (χ0) is 18.1. The highest BCUT2D eigenvalue weighted by Crippen LogP contribution is 2.33. The van der Waals surface area contributed by atoms with E-state index in [0.717, 1.165) is 6.42 Å². The van der Waals surface area contributed by atoms with Crippen molar-refractivity contribution in [2.45, 2.75) is 31.8 Å². The maximum Gasteiger partial charge on any atom is 0.278 e. The van der Waals surface area contributed by atoms with Gasteiger partial charge < -0.3 is 14.5 Å². The van der Waals surface area contributed by atoms with Crippen molar-refractivity contribution in [2.24, 2.45) is 0 Å². The molecule has 26 heavy (non-hydrogen) atoms. The highest BCUT2D eigenvalue weighted by Gasteiger charge is 2.48. The number of hydrogen-bond acceptors (Lipinski definition) is 8. The van der Waals surface area contributed by atoms with Crippen LogP contribution in [0.5, 0.6) is 5.88 Å². The Hall–Kier alpha value is -3.04. The molecule has 136 valence electrons. The first kappa shape index (κ1) is 16.4. The van der Waals surface area contributed by atoms with Crippen LogP contribution in [0.1, 0.15) is 29.0 Å². The summed E-state index contributed by atoms with van der Waals surface area (Å²) in [6.07, 6.45) is 5.53. The first-order valence-electron chi connectivity index (χ1n) is 8.43. The highest BCUT2D eigenvalue weighted by molar-refractivity contribution is 5.93. The van der Waals surface area contributed by atoms with Crippen LogP contribution in [0, 0.1) is 6.92 Å². The third-order valence-electron chi connectivity index (χ3n) is 4.84. The number of carbonyl (C=O) groups is 2. The fourth-order valence-electron chi connectivity index (χ4n) is 3.62. The summed E-state index contributed by atoms with van der Waals surface area (Å²) in [5, 5.41) is 7.30. The van der Waals surface area contributed by atoms with Crippen LogP contribution in [0.25, 0.3) is 0 Å². The quantitative estimate of drug-likeness (QED) is 0.737. The molecule has 2 amide bonds. The molecular weight excluding hydrogens is 340 g/mol. The minimum atomic E-state index is -0.180. The predicted octanol–water partition coefficient (Wildman–Crippen LogP) is 0.0624. The van der Waals surface area contributed by atoms with Gasteiger partial charge in [-0.3, -0.25) is 14.6 Å². The first-order valence-corrected chi connectivity index (χ1v) is 8.43. The molecule has 0 aromatic carbocycles. The van der Waals surface area contributed by atoms with Crippen molar-refractivity contribution in [3.05, 3.63) is 30.0 Å². The van der Waals surface area contributed by atoms with Crippen molar-refractivity contribution >= 4 is 11.8 Å². The molecule has 2 atom stereocenters. The molecule has 0 saturated carbocycles. The second-order valence-electron chi connectivity index (χ2n) is 6.31. The van der Waals surface area contributed by atoms with E-state index in [1.807, 2.05) is 0 Å². The monoisotopic (exact) mass is 358 g/mol. The Balaban J connectivity index is 1.39. The fraction of sp³-hybridized carbons (Fsp3) is 0.500. The summed E-state index contributed by atoms with van der Waals surface area (Å²) < 4.78 is 10.1. The number of carbonyl (C=O) groups excluding carboxylic acids is 2. The molecule has 4 rings (SSSR count). The number of hydrogen-bond donors (Lipinski definition) is 0. The Bertz CT molecular complexity index is 810. The summed E-state index contributed by atoms with van der Waals surface area (Å²) >= 11 is 0. The molecule has 2 aromatic rings. The molecular formula is C16H18N6O4. The standard InChI is InChI=1S/C16H18N6O4/c1-10-15(20-26-19-10)25-7-6-21-12-2-5-22(13(12)8-14(21)23)16(24)11-9-17-3-4-18-11/h3-4,9,12-13H,2,5-8H2,1H3/t12-,13-/m0/s1. The molecule has 2 saturated heterocycles. The molecule has 0 bridgehead atoms. The molecule has 0 aliphatic carbocycles. The van der Waals surface area contributed by atoms with E-state index in [1.165, 1.54) is 18.6 Å². The van der Waals surface area contributed by atoms with Gasteiger partial charge in [-0.25, -0.2) is 9.61 Å². The molecule has 2 fully saturated rings. The molecule has 0 spiro atoms. The molecule has 0 radical (unpaired) electrons. The topological polar surface area (TPSA) is 115 Å². The summed E-state index contributed by atoms with van der Waals surface area (Å²) in [5.41, 5.74) is 0.869. The summed E-state index contributed by atoms with van der Waals surface area (Å²) in [6.45, 7) is 3.05. The minimum Gasteiger partial charge on any atom is -0.472 e. The lowest BCUT2D eigenvalue weighted by Crippen LogP contribution is -2.41. The van der Waals surface area contributed by atoms with Crippen molar-refractivity contribution in [1.29, 1.82) is 0 Å². The van der Waals surface area contributed by atoms with Crippen molar-refractivity contribution in [3.8, 4) is 5.88 Å². The molecule has 0 unspecified atom stereocenters. The molecule has 2 aliphatic rings. The third-order valence-corrected chi connectivity index (χ3v) is 4.84. The average molecular weight is 358 g/mol. The van der Waals surface area contributed by atoms with Crippen LogP contribution in [0.15, 0.2) is 23.2 Å². The van der Waals surface area contributed by atoms with Crippen molar-refractivity contribution < 1.29 is 19.0 Å². The zero-order valence-corrected chi connectivity index (χ0v) is 14.2. The van der Waals surface area contributed by atoms with E-state index in [0.29, 0.717) is 43.4 Å². The number of aryl methyl sites for hydroxylation is 1. The largest absolute Gasteiger partial charge is 0.472 e. The van der Waals surface area contributed by atoms with Gasteiger partial charge in [0, 0.05) is 25.4 Å². The van der Waals surface area contributed by atoms with Gasteiger partial charge in [-0.15, -0.1) is 0 Å². The van der Waals surface area contributed by atoms with Gasteiger partial charge in [-0.1, -0.05) is 5.16 Å². The summed E-state index contributed by atoms with van der Waals surface area (Å²) in [5.74, 6) is 0.176. The van der Waals surface area contributed by atoms with Gasteiger partial charge in [0.05, 0.1) is 24.8 Å². The second-order valence-corrected chi connectivity index (χ2v) is 6.31. The van der Waals surface area contributed by atoms with Crippen LogP contribution in [0.2, 0.25) is 0 Å². The fourth-order valence-corrected chi connectivity index (χ4v) is 3.62. The average Bonchev–Trinajstić information content (AvgIpc) is 3.32. The number of amides is 2. The van der Waals surface area contributed by atoms with E-state index in [2.05, 4.69) is 24.9 Å². The summed E-state index contributed by atoms with van der Waals surface area (Å²) in [4.78, 5) is 36.6. The van der Waals surface area contributed by atoms with Crippen LogP contribution in [-0.4, -0.2) is 73.7 Å². The van der Waals surface area contributed by atoms with Crippen LogP contribution < -0.4 is 4.74 Å². The van der Waals surface area contributed by atoms with Gasteiger partial charge in [0.1, 0.15) is 18.0 Å². The molecule has 2 aromatic heterocycles. The van der Waals surface area contributed by atoms with Crippen LogP contribution in [-0.2, 0) is 4.79 Å². The van der Waals surface area contributed by atoms with Crippen molar-refractivity contribution in [2.75, 3.05) is 19.7 Å². The van der Waals surface area contributed by atoms with Crippen LogP contribution in [0.3, 0.4) is 0 Å². The van der Waals surface area contributed by atoms with Crippen molar-refractivity contribution in [1.82, 2.24) is 30.1 Å². The van der Waals surface area contributed by atoms with Crippen molar-refractivity contribution in [3.63, 3.8) is 0 Å². The smallest absolute Gasteiger partial charge is 0.278 e. The second kappa shape index (κ2) is 6.70. The van der Waals surface area contributed by atoms with Gasteiger partial charge >= 0.3 is 0 Å². The number of rotatable bonds is 5. The molecule has 10 nitrogen and oxygen atoms in total. The van der Waals surface area contributed by atoms with E-state index in [-0.39, 0.29) is 23.9 Å². The Kier molecular flexibility index (Phi) is 4.23. The Labute approximate surface area is 149 Å². The van der Waals surface area contributed by atoms with Gasteiger partial charge in [0.15, 0.2) is 0 Å². The lowest BCUT2D eigenvalue weighted by atomic mass is 10.1. The lowest BCUT2D eigenvalue weighted by Gasteiger charge is -2.25. The number of fused-ring (bicyclic) bond motifs is 1. The van der Waals surface area contributed by atoms with Gasteiger partial charge in [0.25, 0.3) is 11.8 Å². The van der Waals surface area contributed by atoms with Crippen LogP contribution in [0.4, 0.5) is 0 Å². The highest BCUT2D eigenvalue weighted by atomic mass is 16.6. The normalized spacial score (nSPS) is 22.0. The lowest BCUT2D eigenvalue weighted by molar-refractivity contribution is -0.129. The maximum absolute atomic E-state index is 12.7. The SMILES string of the molecule is Cc1nonc1OCCN1C(=O)C[C@H]2[C@@H]1CCN2C(=O)c1cnccn1. The molecule has 0 N–H and O–H groups in total. The summed E-state index contributed by atoms with van der Waals surface area (Å²) in [6, 6.07) is -0.129. The van der Waals surface area contributed by atoms with E-state index in [9.17, 15) is 9.59 Å². The van der Waals surface area contributed by atoms with E-state index >= 15 is 0 Å². The third kappa shape index (κ3) is 2.87. The van der Waals surface area contributed by atoms with Gasteiger partial charge in [-0.05, 0) is 18.5 Å². The Morgan fingerprint density at radius 3 is 2.96 bits per heavy atom. The zero-order valence-electron chi connectivity index (χ0n) is 14.2. The number of aromatic nitrogens is 4. The maximum atomic E-state index is 12.7. The number of ether oxygens (including phenoxy) is 1.